The summed E-state index contributed by atoms with van der Waals surface area (Å²) < 4.78 is 21.5. The Kier molecular flexibility index (Phi) is 25.2. The first-order valence-corrected chi connectivity index (χ1v) is 20.1. The highest BCUT2D eigenvalue weighted by Gasteiger charge is 2.44. The fourth-order valence-electron chi connectivity index (χ4n) is 6.70. The number of allylic oxidation sites excluding steroid dienone is 1. The molecule has 0 saturated heterocycles. The van der Waals surface area contributed by atoms with Crippen molar-refractivity contribution in [3.63, 3.8) is 0 Å². The summed E-state index contributed by atoms with van der Waals surface area (Å²) in [6.45, 7) is 11.0. The first-order valence-electron chi connectivity index (χ1n) is 20.1. The molecule has 0 fully saturated rings. The van der Waals surface area contributed by atoms with Crippen molar-refractivity contribution in [1.82, 2.24) is 0 Å². The molecule has 12 nitrogen and oxygen atoms in total. The topological polar surface area (TPSA) is 180 Å². The largest absolute Gasteiger partial charge is 0.481 e. The van der Waals surface area contributed by atoms with Gasteiger partial charge in [-0.1, -0.05) is 77.9 Å². The third-order valence-electron chi connectivity index (χ3n) is 10.3. The molecule has 0 radical (unpaired) electrons. The first kappa shape index (κ1) is 47.6. The summed E-state index contributed by atoms with van der Waals surface area (Å²) in [5, 5.41) is 20.0. The molecule has 0 saturated carbocycles. The van der Waals surface area contributed by atoms with Crippen LogP contribution in [-0.4, -0.2) is 72.5 Å². The van der Waals surface area contributed by atoms with Crippen molar-refractivity contribution in [2.45, 2.75) is 150 Å². The molecule has 0 bridgehead atoms. The fraction of sp³-hybridized carbons (Fsp3) is 0.805. The zero-order chi connectivity index (χ0) is 39.6. The van der Waals surface area contributed by atoms with Gasteiger partial charge >= 0.3 is 35.8 Å². The van der Waals surface area contributed by atoms with Gasteiger partial charge in [-0.2, -0.15) is 0 Å². The van der Waals surface area contributed by atoms with Gasteiger partial charge in [-0.3, -0.25) is 28.8 Å². The Bertz CT molecular complexity index is 1150. The van der Waals surface area contributed by atoms with Gasteiger partial charge in [0.1, 0.15) is 0 Å². The fourth-order valence-corrected chi connectivity index (χ4v) is 6.70. The van der Waals surface area contributed by atoms with E-state index in [1.54, 1.807) is 13.0 Å². The van der Waals surface area contributed by atoms with Gasteiger partial charge in [0.15, 0.2) is 0 Å². The lowest BCUT2D eigenvalue weighted by atomic mass is 9.70. The van der Waals surface area contributed by atoms with Crippen LogP contribution in [-0.2, 0) is 47.7 Å². The van der Waals surface area contributed by atoms with E-state index in [-0.39, 0.29) is 44.4 Å². The number of hydrogen-bond donors (Lipinski definition) is 2. The number of ether oxygens (including phenoxy) is 4. The summed E-state index contributed by atoms with van der Waals surface area (Å²) in [6, 6.07) is 0. The van der Waals surface area contributed by atoms with Gasteiger partial charge in [0, 0.05) is 12.8 Å². The van der Waals surface area contributed by atoms with Crippen molar-refractivity contribution in [2.75, 3.05) is 26.4 Å². The third-order valence-corrected chi connectivity index (χ3v) is 10.3. The Balaban J connectivity index is 2.51. The van der Waals surface area contributed by atoms with Crippen molar-refractivity contribution < 1.29 is 57.9 Å². The number of esters is 4. The van der Waals surface area contributed by atoms with Crippen LogP contribution in [0.3, 0.4) is 0 Å². The van der Waals surface area contributed by atoms with E-state index in [4.69, 9.17) is 18.9 Å². The molecule has 6 unspecified atom stereocenters. The van der Waals surface area contributed by atoms with Crippen LogP contribution >= 0.6 is 0 Å². The molecule has 12 heteroatoms. The smallest absolute Gasteiger partial charge is 0.313 e. The minimum Gasteiger partial charge on any atom is -0.481 e. The molecule has 0 spiro atoms. The van der Waals surface area contributed by atoms with Gasteiger partial charge in [0.2, 0.25) is 0 Å². The number of carbonyl (C=O) groups excluding carboxylic acids is 4. The number of rotatable bonds is 30. The number of hydrogen-bond acceptors (Lipinski definition) is 10. The molecule has 0 aliphatic heterocycles. The maximum atomic E-state index is 13.0. The zero-order valence-electron chi connectivity index (χ0n) is 33.1. The zero-order valence-corrected chi connectivity index (χ0v) is 33.1. The second-order valence-corrected chi connectivity index (χ2v) is 14.6. The molecule has 53 heavy (non-hydrogen) atoms. The Morgan fingerprint density at radius 2 is 1.19 bits per heavy atom. The van der Waals surface area contributed by atoms with Gasteiger partial charge in [0.25, 0.3) is 0 Å². The first-order chi connectivity index (χ1) is 25.4. The summed E-state index contributed by atoms with van der Waals surface area (Å²) in [6.07, 6.45) is 13.4. The Morgan fingerprint density at radius 1 is 0.679 bits per heavy atom. The van der Waals surface area contributed by atoms with E-state index in [0.29, 0.717) is 69.1 Å². The normalized spacial score (nSPS) is 18.6. The second-order valence-electron chi connectivity index (χ2n) is 14.6. The van der Waals surface area contributed by atoms with Crippen LogP contribution in [0.5, 0.6) is 0 Å². The van der Waals surface area contributed by atoms with Gasteiger partial charge in [-0.05, 0) is 82.5 Å². The van der Waals surface area contributed by atoms with E-state index >= 15 is 0 Å². The van der Waals surface area contributed by atoms with Crippen LogP contribution < -0.4 is 0 Å². The summed E-state index contributed by atoms with van der Waals surface area (Å²) >= 11 is 0. The summed E-state index contributed by atoms with van der Waals surface area (Å²) in [5.74, 6) is -7.96. The van der Waals surface area contributed by atoms with Gasteiger partial charge in [-0.25, -0.2) is 0 Å². The minimum atomic E-state index is -1.26. The van der Waals surface area contributed by atoms with Gasteiger partial charge < -0.3 is 29.2 Å². The molecule has 304 valence electrons. The number of carboxylic acids is 2. The van der Waals surface area contributed by atoms with Crippen LogP contribution in [0.15, 0.2) is 11.6 Å². The van der Waals surface area contributed by atoms with Gasteiger partial charge in [0.05, 0.1) is 50.6 Å². The SMILES string of the molecule is CCCCC(CC)COC(=O)CCCCCOC(=O)CC(C(=O)O)C1C=C(C)C(C(=O)OCCCCCC(=O)OCC(CC)CCCC)C(C(=O)O)C1. The highest BCUT2D eigenvalue weighted by molar-refractivity contribution is 5.85. The number of unbranched alkanes of at least 4 members (excludes halogenated alkanes) is 6. The Morgan fingerprint density at radius 3 is 1.64 bits per heavy atom. The monoisotopic (exact) mass is 752 g/mol. The molecule has 1 aliphatic carbocycles. The summed E-state index contributed by atoms with van der Waals surface area (Å²) in [7, 11) is 0. The molecular formula is C41H68O12. The van der Waals surface area contributed by atoms with Crippen molar-refractivity contribution in [3.8, 4) is 0 Å². The Hall–Kier alpha value is -3.44. The molecule has 0 aromatic rings. The predicted octanol–water partition coefficient (Wildman–Crippen LogP) is 8.09. The lowest BCUT2D eigenvalue weighted by Crippen LogP contribution is -2.39. The number of aliphatic carboxylic acids is 2. The average molecular weight is 753 g/mol. The van der Waals surface area contributed by atoms with Crippen molar-refractivity contribution in [3.05, 3.63) is 11.6 Å². The third kappa shape index (κ3) is 20.0. The molecule has 0 amide bonds. The quantitative estimate of drug-likeness (QED) is 0.0312. The van der Waals surface area contributed by atoms with E-state index in [1.165, 1.54) is 0 Å². The van der Waals surface area contributed by atoms with Crippen molar-refractivity contribution >= 4 is 35.8 Å². The molecule has 0 aromatic carbocycles. The highest BCUT2D eigenvalue weighted by Crippen LogP contribution is 2.39. The molecule has 0 aromatic heterocycles. The summed E-state index contributed by atoms with van der Waals surface area (Å²) in [5.41, 5.74) is 0.384. The second kappa shape index (κ2) is 28.1. The van der Waals surface area contributed by atoms with Crippen molar-refractivity contribution in [2.24, 2.45) is 35.5 Å². The van der Waals surface area contributed by atoms with E-state index in [9.17, 15) is 39.0 Å². The van der Waals surface area contributed by atoms with Crippen LogP contribution in [0.25, 0.3) is 0 Å². The number of carboxylic acid groups (broad SMARTS) is 2. The minimum absolute atomic E-state index is 0.0640. The van der Waals surface area contributed by atoms with Crippen LogP contribution in [0.2, 0.25) is 0 Å². The molecule has 2 N–H and O–H groups in total. The molecule has 6 atom stereocenters. The lowest BCUT2D eigenvalue weighted by Gasteiger charge is -2.33. The number of carbonyl (C=O) groups is 6. The summed E-state index contributed by atoms with van der Waals surface area (Å²) in [4.78, 5) is 74.3. The van der Waals surface area contributed by atoms with Crippen molar-refractivity contribution in [1.29, 1.82) is 0 Å². The molecule has 1 rings (SSSR count). The van der Waals surface area contributed by atoms with Gasteiger partial charge in [-0.15, -0.1) is 0 Å². The maximum Gasteiger partial charge on any atom is 0.313 e. The maximum absolute atomic E-state index is 13.0. The average Bonchev–Trinajstić information content (AvgIpc) is 3.12. The van der Waals surface area contributed by atoms with E-state index < -0.39 is 54.0 Å². The Labute approximate surface area is 317 Å². The highest BCUT2D eigenvalue weighted by atomic mass is 16.5. The lowest BCUT2D eigenvalue weighted by molar-refractivity contribution is -0.159. The van der Waals surface area contributed by atoms with E-state index in [2.05, 4.69) is 27.7 Å². The van der Waals surface area contributed by atoms with Crippen LogP contribution in [0, 0.1) is 35.5 Å². The van der Waals surface area contributed by atoms with E-state index in [0.717, 1.165) is 51.4 Å². The molecule has 1 aliphatic rings. The standard InChI is InChI=1S/C41H68O12/c1-6-10-18-30(8-3)27-52-35(42)20-14-12-16-22-50-37(44)26-33(39(45)46)32-24-29(5)38(34(25-32)40(47)48)41(49)51-23-17-13-15-21-36(43)53-28-31(9-4)19-11-7-2/h24,30-34,38H,6-23,25-28H2,1-5H3,(H,45,46)(H,47,48). The van der Waals surface area contributed by atoms with Crippen LogP contribution in [0.4, 0.5) is 0 Å². The van der Waals surface area contributed by atoms with E-state index in [1.807, 2.05) is 0 Å². The van der Waals surface area contributed by atoms with Crippen LogP contribution in [0.1, 0.15) is 150 Å². The predicted molar refractivity (Wildman–Crippen MR) is 200 cm³/mol. The molecular weight excluding hydrogens is 684 g/mol. The molecule has 0 heterocycles.